The van der Waals surface area contributed by atoms with Crippen molar-refractivity contribution in [3.05, 3.63) is 0 Å². The Labute approximate surface area is 142 Å². The standard InChI is InChI=1S/C16H28N2O6/c1-11(17(6)14(21)18-7-9-23-10-8-18)12(19)16(5,22)13(20)24-15(2,3)4/h11,22H,7-10H2,1-6H3/t11-,16?/m0/s1. The van der Waals surface area contributed by atoms with Crippen LogP contribution in [0.2, 0.25) is 0 Å². The molecule has 1 N–H and O–H groups in total. The lowest BCUT2D eigenvalue weighted by Gasteiger charge is -2.35. The highest BCUT2D eigenvalue weighted by molar-refractivity contribution is 6.09. The minimum absolute atomic E-state index is 0.348. The highest BCUT2D eigenvalue weighted by atomic mass is 16.6. The molecule has 1 aliphatic rings. The van der Waals surface area contributed by atoms with E-state index in [2.05, 4.69) is 0 Å². The molecule has 0 spiro atoms. The maximum Gasteiger partial charge on any atom is 0.346 e. The first-order valence-corrected chi connectivity index (χ1v) is 7.97. The van der Waals surface area contributed by atoms with Gasteiger partial charge in [-0.3, -0.25) is 4.79 Å². The van der Waals surface area contributed by atoms with Crippen LogP contribution in [-0.4, -0.2) is 83.3 Å². The van der Waals surface area contributed by atoms with Crippen LogP contribution in [0.3, 0.4) is 0 Å². The largest absolute Gasteiger partial charge is 0.457 e. The predicted molar refractivity (Wildman–Crippen MR) is 86.5 cm³/mol. The van der Waals surface area contributed by atoms with Gasteiger partial charge in [0.25, 0.3) is 0 Å². The molecular weight excluding hydrogens is 316 g/mol. The average Bonchev–Trinajstić information content (AvgIpc) is 2.51. The second-order valence-electron chi connectivity index (χ2n) is 7.11. The molecule has 0 saturated carbocycles. The lowest BCUT2D eigenvalue weighted by Crippen LogP contribution is -2.57. The molecule has 1 saturated heterocycles. The molecule has 1 heterocycles. The van der Waals surface area contributed by atoms with Gasteiger partial charge in [0.2, 0.25) is 5.60 Å². The third-order valence-electron chi connectivity index (χ3n) is 3.82. The molecule has 0 bridgehead atoms. The van der Waals surface area contributed by atoms with Crippen molar-refractivity contribution in [2.24, 2.45) is 0 Å². The van der Waals surface area contributed by atoms with Crippen molar-refractivity contribution < 1.29 is 29.0 Å². The molecule has 0 aromatic rings. The number of Topliss-reactive ketones (excluding diaryl/α,β-unsaturated/α-hetero) is 1. The minimum Gasteiger partial charge on any atom is -0.457 e. The second kappa shape index (κ2) is 7.48. The van der Waals surface area contributed by atoms with Gasteiger partial charge >= 0.3 is 12.0 Å². The summed E-state index contributed by atoms with van der Waals surface area (Å²) < 4.78 is 10.3. The molecular formula is C16H28N2O6. The first-order chi connectivity index (χ1) is 10.9. The summed E-state index contributed by atoms with van der Waals surface area (Å²) in [6.07, 6.45) is 0. The third-order valence-corrected chi connectivity index (χ3v) is 3.82. The number of hydrogen-bond donors (Lipinski definition) is 1. The van der Waals surface area contributed by atoms with Gasteiger partial charge in [-0.2, -0.15) is 0 Å². The Morgan fingerprint density at radius 2 is 1.67 bits per heavy atom. The number of urea groups is 1. The van der Waals surface area contributed by atoms with Crippen LogP contribution in [0.15, 0.2) is 0 Å². The number of ether oxygens (including phenoxy) is 2. The van der Waals surface area contributed by atoms with Crippen molar-refractivity contribution in [3.8, 4) is 0 Å². The van der Waals surface area contributed by atoms with Crippen molar-refractivity contribution in [1.82, 2.24) is 9.80 Å². The van der Waals surface area contributed by atoms with E-state index in [1.807, 2.05) is 0 Å². The van der Waals surface area contributed by atoms with Crippen LogP contribution in [0.5, 0.6) is 0 Å². The van der Waals surface area contributed by atoms with Crippen molar-refractivity contribution in [2.45, 2.75) is 51.9 Å². The zero-order valence-electron chi connectivity index (χ0n) is 15.3. The molecule has 0 aromatic heterocycles. The summed E-state index contributed by atoms with van der Waals surface area (Å²) in [6, 6.07) is -1.33. The van der Waals surface area contributed by atoms with Gasteiger partial charge in [0, 0.05) is 20.1 Å². The maximum atomic E-state index is 12.5. The molecule has 2 amide bonds. The van der Waals surface area contributed by atoms with E-state index in [0.717, 1.165) is 6.92 Å². The number of rotatable bonds is 4. The van der Waals surface area contributed by atoms with E-state index in [1.54, 1.807) is 25.7 Å². The Morgan fingerprint density at radius 3 is 2.12 bits per heavy atom. The van der Waals surface area contributed by atoms with E-state index in [9.17, 15) is 19.5 Å². The summed E-state index contributed by atoms with van der Waals surface area (Å²) in [6.45, 7) is 9.25. The SMILES string of the molecule is C[C@@H](C(=O)C(C)(O)C(=O)OC(C)(C)C)N(C)C(=O)N1CCOCC1. The number of hydrogen-bond acceptors (Lipinski definition) is 6. The first-order valence-electron chi connectivity index (χ1n) is 7.97. The van der Waals surface area contributed by atoms with Gasteiger partial charge in [-0.05, 0) is 34.6 Å². The molecule has 138 valence electrons. The molecule has 8 nitrogen and oxygen atoms in total. The highest BCUT2D eigenvalue weighted by Crippen LogP contribution is 2.19. The van der Waals surface area contributed by atoms with Gasteiger partial charge in [0.05, 0.1) is 19.3 Å². The van der Waals surface area contributed by atoms with Gasteiger partial charge in [-0.15, -0.1) is 0 Å². The summed E-state index contributed by atoms with van der Waals surface area (Å²) >= 11 is 0. The highest BCUT2D eigenvalue weighted by Gasteiger charge is 2.46. The van der Waals surface area contributed by atoms with Gasteiger partial charge < -0.3 is 24.4 Å². The molecule has 8 heteroatoms. The second-order valence-corrected chi connectivity index (χ2v) is 7.11. The van der Waals surface area contributed by atoms with Gasteiger partial charge in [0.15, 0.2) is 5.78 Å². The van der Waals surface area contributed by atoms with Crippen molar-refractivity contribution >= 4 is 17.8 Å². The Hall–Kier alpha value is -1.67. The topological polar surface area (TPSA) is 96.4 Å². The zero-order chi connectivity index (χ0) is 18.7. The lowest BCUT2D eigenvalue weighted by molar-refractivity contribution is -0.179. The summed E-state index contributed by atoms with van der Waals surface area (Å²) in [5, 5.41) is 10.3. The van der Waals surface area contributed by atoms with E-state index in [0.29, 0.717) is 26.3 Å². The van der Waals surface area contributed by atoms with Crippen LogP contribution < -0.4 is 0 Å². The van der Waals surface area contributed by atoms with E-state index in [1.165, 1.54) is 18.9 Å². The minimum atomic E-state index is -2.33. The molecule has 0 aliphatic carbocycles. The monoisotopic (exact) mass is 344 g/mol. The quantitative estimate of drug-likeness (QED) is 0.586. The molecule has 24 heavy (non-hydrogen) atoms. The van der Waals surface area contributed by atoms with Crippen LogP contribution in [0.25, 0.3) is 0 Å². The van der Waals surface area contributed by atoms with Crippen molar-refractivity contribution in [1.29, 1.82) is 0 Å². The molecule has 2 atom stereocenters. The number of nitrogens with zero attached hydrogens (tertiary/aromatic N) is 2. The van der Waals surface area contributed by atoms with Gasteiger partial charge in [-0.25, -0.2) is 9.59 Å². The summed E-state index contributed by atoms with van der Waals surface area (Å²) in [4.78, 5) is 39.8. The number of amides is 2. The normalized spacial score (nSPS) is 19.2. The molecule has 1 fully saturated rings. The Balaban J connectivity index is 2.80. The van der Waals surface area contributed by atoms with Gasteiger partial charge in [0.1, 0.15) is 5.60 Å². The smallest absolute Gasteiger partial charge is 0.346 e. The average molecular weight is 344 g/mol. The Kier molecular flexibility index (Phi) is 6.35. The van der Waals surface area contributed by atoms with E-state index >= 15 is 0 Å². The van der Waals surface area contributed by atoms with Crippen LogP contribution in [0.4, 0.5) is 4.79 Å². The summed E-state index contributed by atoms with van der Waals surface area (Å²) in [7, 11) is 1.46. The van der Waals surface area contributed by atoms with Crippen LogP contribution in [0, 0.1) is 0 Å². The molecule has 0 radical (unpaired) electrons. The molecule has 1 rings (SSSR count). The number of likely N-dealkylation sites (N-methyl/N-ethyl adjacent to an activating group) is 1. The van der Waals surface area contributed by atoms with Crippen molar-refractivity contribution in [3.63, 3.8) is 0 Å². The Bertz CT molecular complexity index is 491. The van der Waals surface area contributed by atoms with E-state index in [-0.39, 0.29) is 6.03 Å². The number of aliphatic hydroxyl groups is 1. The van der Waals surface area contributed by atoms with Crippen LogP contribution in [-0.2, 0) is 19.1 Å². The first kappa shape index (κ1) is 20.4. The lowest BCUT2D eigenvalue weighted by atomic mass is 9.95. The fourth-order valence-corrected chi connectivity index (χ4v) is 2.20. The van der Waals surface area contributed by atoms with Gasteiger partial charge in [-0.1, -0.05) is 0 Å². The van der Waals surface area contributed by atoms with E-state index in [4.69, 9.17) is 9.47 Å². The third kappa shape index (κ3) is 4.91. The summed E-state index contributed by atoms with van der Waals surface area (Å²) in [5.41, 5.74) is -3.16. The maximum absolute atomic E-state index is 12.5. The molecule has 0 aromatic carbocycles. The molecule has 1 aliphatic heterocycles. The Morgan fingerprint density at radius 1 is 1.17 bits per heavy atom. The van der Waals surface area contributed by atoms with Crippen LogP contribution in [0.1, 0.15) is 34.6 Å². The predicted octanol–water partition coefficient (Wildman–Crippen LogP) is 0.421. The van der Waals surface area contributed by atoms with E-state index < -0.39 is 29.0 Å². The van der Waals surface area contributed by atoms with Crippen LogP contribution >= 0.6 is 0 Å². The number of esters is 1. The summed E-state index contributed by atoms with van der Waals surface area (Å²) in [5.74, 6) is -1.82. The number of carbonyl (C=O) groups excluding carboxylic acids is 3. The fourth-order valence-electron chi connectivity index (χ4n) is 2.20. The van der Waals surface area contributed by atoms with Crippen molar-refractivity contribution in [2.75, 3.05) is 33.4 Å². The fraction of sp³-hybridized carbons (Fsp3) is 0.812. The molecule has 1 unspecified atom stereocenters. The number of ketones is 1. The number of carbonyl (C=O) groups is 3. The zero-order valence-corrected chi connectivity index (χ0v) is 15.3. The number of morpholine rings is 1.